The number of nitro benzene ring substituents is 1. The number of allylic oxidation sites excluding steroid dienone is 1. The lowest BCUT2D eigenvalue weighted by molar-refractivity contribution is -0.385. The second-order valence-electron chi connectivity index (χ2n) is 4.80. The molecule has 1 aromatic rings. The quantitative estimate of drug-likeness (QED) is 0.410. The van der Waals surface area contributed by atoms with E-state index in [1.807, 2.05) is 0 Å². The summed E-state index contributed by atoms with van der Waals surface area (Å²) in [5.41, 5.74) is 1.20. The summed E-state index contributed by atoms with van der Waals surface area (Å²) >= 11 is 0. The topological polar surface area (TPSA) is 66.9 Å². The number of benzene rings is 1. The third-order valence-electron chi connectivity index (χ3n) is 3.29. The van der Waals surface area contributed by atoms with Crippen LogP contribution in [0.15, 0.2) is 29.8 Å². The largest absolute Gasteiger partial charge is 0.276 e. The number of nitriles is 1. The normalized spacial score (nSPS) is 11.4. The van der Waals surface area contributed by atoms with Crippen LogP contribution in [0.2, 0.25) is 0 Å². The molecule has 0 heterocycles. The zero-order valence-electron chi connectivity index (χ0n) is 12.0. The smallest absolute Gasteiger partial charge is 0.258 e. The van der Waals surface area contributed by atoms with Crippen LogP contribution in [0.3, 0.4) is 0 Å². The molecule has 0 atom stereocenters. The molecule has 0 saturated heterocycles. The van der Waals surface area contributed by atoms with Gasteiger partial charge in [0, 0.05) is 11.6 Å². The predicted molar refractivity (Wildman–Crippen MR) is 80.0 cm³/mol. The molecule has 0 aromatic heterocycles. The maximum atomic E-state index is 11.0. The van der Waals surface area contributed by atoms with Gasteiger partial charge in [0.25, 0.3) is 5.69 Å². The lowest BCUT2D eigenvalue weighted by Gasteiger charge is -2.14. The average Bonchev–Trinajstić information content (AvgIpc) is 2.45. The molecule has 0 saturated carbocycles. The zero-order valence-corrected chi connectivity index (χ0v) is 12.0. The van der Waals surface area contributed by atoms with Crippen LogP contribution in [0.4, 0.5) is 5.69 Å². The fraction of sp³-hybridized carbons (Fsp3) is 0.438. The van der Waals surface area contributed by atoms with E-state index in [9.17, 15) is 15.4 Å². The van der Waals surface area contributed by atoms with Gasteiger partial charge in [-0.2, -0.15) is 5.26 Å². The summed E-state index contributed by atoms with van der Waals surface area (Å²) in [6, 6.07) is 8.77. The first kappa shape index (κ1) is 15.9. The molecule has 20 heavy (non-hydrogen) atoms. The Morgan fingerprint density at radius 1 is 1.35 bits per heavy atom. The lowest BCUT2D eigenvalue weighted by Crippen LogP contribution is -2.03. The highest BCUT2D eigenvalue weighted by atomic mass is 16.6. The Kier molecular flexibility index (Phi) is 6.45. The number of hydrogen-bond acceptors (Lipinski definition) is 3. The third kappa shape index (κ3) is 4.20. The van der Waals surface area contributed by atoms with E-state index in [4.69, 9.17) is 0 Å². The maximum Gasteiger partial charge on any atom is 0.276 e. The van der Waals surface area contributed by atoms with Crippen molar-refractivity contribution in [2.24, 2.45) is 5.92 Å². The van der Waals surface area contributed by atoms with Gasteiger partial charge in [-0.25, -0.2) is 0 Å². The van der Waals surface area contributed by atoms with E-state index in [1.165, 1.54) is 6.07 Å². The maximum absolute atomic E-state index is 11.0. The fourth-order valence-corrected chi connectivity index (χ4v) is 2.34. The molecule has 0 fully saturated rings. The van der Waals surface area contributed by atoms with Crippen molar-refractivity contribution in [2.75, 3.05) is 0 Å². The first-order valence-corrected chi connectivity index (χ1v) is 6.99. The molecule has 1 aromatic carbocycles. The fourth-order valence-electron chi connectivity index (χ4n) is 2.34. The van der Waals surface area contributed by atoms with Gasteiger partial charge >= 0.3 is 0 Å². The zero-order chi connectivity index (χ0) is 15.0. The molecule has 0 radical (unpaired) electrons. The monoisotopic (exact) mass is 272 g/mol. The first-order chi connectivity index (χ1) is 9.63. The third-order valence-corrected chi connectivity index (χ3v) is 3.29. The molecule has 4 heteroatoms. The average molecular weight is 272 g/mol. The highest BCUT2D eigenvalue weighted by molar-refractivity contribution is 5.65. The lowest BCUT2D eigenvalue weighted by atomic mass is 9.89. The summed E-state index contributed by atoms with van der Waals surface area (Å²) in [4.78, 5) is 10.6. The number of hydrogen-bond donors (Lipinski definition) is 0. The van der Waals surface area contributed by atoms with Gasteiger partial charge < -0.3 is 0 Å². The molecule has 0 unspecified atom stereocenters. The van der Waals surface area contributed by atoms with Gasteiger partial charge in [0.05, 0.1) is 16.6 Å². The molecule has 1 rings (SSSR count). The van der Waals surface area contributed by atoms with Gasteiger partial charge in [0.2, 0.25) is 0 Å². The van der Waals surface area contributed by atoms with E-state index in [0.717, 1.165) is 25.7 Å². The molecular formula is C16H20N2O2. The second kappa shape index (κ2) is 8.11. The van der Waals surface area contributed by atoms with E-state index in [1.54, 1.807) is 24.3 Å². The van der Waals surface area contributed by atoms with Crippen LogP contribution in [0.5, 0.6) is 0 Å². The molecule has 106 valence electrons. The van der Waals surface area contributed by atoms with Crippen LogP contribution >= 0.6 is 0 Å². The molecular weight excluding hydrogens is 252 g/mol. The molecule has 0 N–H and O–H groups in total. The second-order valence-corrected chi connectivity index (χ2v) is 4.80. The summed E-state index contributed by atoms with van der Waals surface area (Å²) in [6.07, 6.45) is 5.55. The van der Waals surface area contributed by atoms with Crippen molar-refractivity contribution in [1.29, 1.82) is 5.26 Å². The predicted octanol–water partition coefficient (Wildman–Crippen LogP) is 4.72. The minimum atomic E-state index is -0.407. The molecule has 0 spiro atoms. The summed E-state index contributed by atoms with van der Waals surface area (Å²) in [6.45, 7) is 4.17. The standard InChI is InChI=1S/C16H20N2O2/c1-3-7-13(8-4-2)15(12-17)11-14-9-5-6-10-16(14)18(19)20/h5-6,9-11,13H,3-4,7-8H2,1-2H3. The number of nitro groups is 1. The molecule has 4 nitrogen and oxygen atoms in total. The molecule has 0 aliphatic rings. The summed E-state index contributed by atoms with van der Waals surface area (Å²) in [5, 5.41) is 20.4. The van der Waals surface area contributed by atoms with Crippen LogP contribution < -0.4 is 0 Å². The van der Waals surface area contributed by atoms with Crippen LogP contribution in [-0.2, 0) is 0 Å². The summed E-state index contributed by atoms with van der Waals surface area (Å²) in [7, 11) is 0. The van der Waals surface area contributed by atoms with E-state index >= 15 is 0 Å². The van der Waals surface area contributed by atoms with Crippen molar-refractivity contribution in [3.63, 3.8) is 0 Å². The summed E-state index contributed by atoms with van der Waals surface area (Å²) < 4.78 is 0. The Morgan fingerprint density at radius 2 is 1.95 bits per heavy atom. The molecule has 0 aliphatic heterocycles. The Balaban J connectivity index is 3.17. The minimum Gasteiger partial charge on any atom is -0.258 e. The van der Waals surface area contributed by atoms with Crippen LogP contribution in [0.1, 0.15) is 45.1 Å². The van der Waals surface area contributed by atoms with Crippen molar-refractivity contribution in [2.45, 2.75) is 39.5 Å². The van der Waals surface area contributed by atoms with Crippen molar-refractivity contribution in [3.8, 4) is 6.07 Å². The molecule has 0 amide bonds. The molecule has 0 bridgehead atoms. The number of nitrogens with zero attached hydrogens (tertiary/aromatic N) is 2. The van der Waals surface area contributed by atoms with Crippen molar-refractivity contribution < 1.29 is 4.92 Å². The summed E-state index contributed by atoms with van der Waals surface area (Å²) in [5.74, 6) is 0.190. The van der Waals surface area contributed by atoms with Crippen LogP contribution in [0.25, 0.3) is 6.08 Å². The van der Waals surface area contributed by atoms with Crippen LogP contribution in [0, 0.1) is 27.4 Å². The van der Waals surface area contributed by atoms with Gasteiger partial charge in [-0.1, -0.05) is 38.8 Å². The van der Waals surface area contributed by atoms with Gasteiger partial charge in [-0.05, 0) is 30.9 Å². The van der Waals surface area contributed by atoms with Crippen molar-refractivity contribution in [3.05, 3.63) is 45.5 Å². The first-order valence-electron chi connectivity index (χ1n) is 6.99. The SMILES string of the molecule is CCCC(CCC)C(C#N)=Cc1ccccc1[N+](=O)[O-]. The van der Waals surface area contributed by atoms with E-state index in [-0.39, 0.29) is 11.6 Å². The van der Waals surface area contributed by atoms with Gasteiger partial charge in [-0.3, -0.25) is 10.1 Å². The van der Waals surface area contributed by atoms with Crippen molar-refractivity contribution >= 4 is 11.8 Å². The van der Waals surface area contributed by atoms with E-state index in [0.29, 0.717) is 11.1 Å². The number of rotatable bonds is 7. The Labute approximate surface area is 119 Å². The highest BCUT2D eigenvalue weighted by Gasteiger charge is 2.16. The van der Waals surface area contributed by atoms with E-state index in [2.05, 4.69) is 19.9 Å². The Morgan fingerprint density at radius 3 is 2.45 bits per heavy atom. The molecule has 0 aliphatic carbocycles. The van der Waals surface area contributed by atoms with Crippen LogP contribution in [-0.4, -0.2) is 4.92 Å². The Hall–Kier alpha value is -2.15. The van der Waals surface area contributed by atoms with Gasteiger partial charge in [0.15, 0.2) is 0 Å². The Bertz CT molecular complexity index is 524. The van der Waals surface area contributed by atoms with Gasteiger partial charge in [-0.15, -0.1) is 0 Å². The number of para-hydroxylation sites is 1. The van der Waals surface area contributed by atoms with E-state index < -0.39 is 4.92 Å². The van der Waals surface area contributed by atoms with Gasteiger partial charge in [0.1, 0.15) is 0 Å². The van der Waals surface area contributed by atoms with Crippen molar-refractivity contribution in [1.82, 2.24) is 0 Å². The highest BCUT2D eigenvalue weighted by Crippen LogP contribution is 2.27. The minimum absolute atomic E-state index is 0.0481.